The van der Waals surface area contributed by atoms with Crippen molar-refractivity contribution in [2.75, 3.05) is 18.0 Å². The summed E-state index contributed by atoms with van der Waals surface area (Å²) < 4.78 is 0. The molecule has 0 saturated carbocycles. The highest BCUT2D eigenvalue weighted by molar-refractivity contribution is 6.10. The van der Waals surface area contributed by atoms with Crippen LogP contribution in [0.3, 0.4) is 0 Å². The Morgan fingerprint density at radius 2 is 1.64 bits per heavy atom. The number of amides is 4. The van der Waals surface area contributed by atoms with Crippen molar-refractivity contribution in [1.29, 1.82) is 0 Å². The number of urea groups is 1. The summed E-state index contributed by atoms with van der Waals surface area (Å²) in [5, 5.41) is 0. The average molecular weight is 299 g/mol. The van der Waals surface area contributed by atoms with Crippen molar-refractivity contribution in [3.8, 4) is 0 Å². The van der Waals surface area contributed by atoms with Crippen LogP contribution in [0, 0.1) is 0 Å². The van der Waals surface area contributed by atoms with Gasteiger partial charge < -0.3 is 9.80 Å². The lowest BCUT2D eigenvalue weighted by atomic mass is 10.1. The van der Waals surface area contributed by atoms with Gasteiger partial charge in [-0.3, -0.25) is 9.59 Å². The van der Waals surface area contributed by atoms with Gasteiger partial charge in [0, 0.05) is 18.8 Å². The van der Waals surface area contributed by atoms with Crippen LogP contribution < -0.4 is 4.90 Å². The summed E-state index contributed by atoms with van der Waals surface area (Å²) in [4.78, 5) is 42.0. The Morgan fingerprint density at radius 3 is 2.36 bits per heavy atom. The first-order chi connectivity index (χ1) is 10.7. The zero-order chi connectivity index (χ0) is 15.3. The number of benzene rings is 1. The number of carbonyl (C=O) groups excluding carboxylic acids is 3. The predicted molar refractivity (Wildman–Crippen MR) is 79.2 cm³/mol. The van der Waals surface area contributed by atoms with Crippen LogP contribution in [0.2, 0.25) is 0 Å². The third kappa shape index (κ3) is 1.76. The molecule has 0 aromatic heterocycles. The standard InChI is InChI=1S/C16H17N3O3/c20-14-13(8-10-17(14)11-5-2-1-3-6-11)19-15(21)12-7-4-9-18(12)16(19)22/h1-3,5-6,12-13H,4,7-10H2. The lowest BCUT2D eigenvalue weighted by Crippen LogP contribution is -2.46. The van der Waals surface area contributed by atoms with E-state index in [0.29, 0.717) is 25.9 Å². The molecule has 4 amide bonds. The molecular weight excluding hydrogens is 282 g/mol. The van der Waals surface area contributed by atoms with Crippen molar-refractivity contribution in [3.63, 3.8) is 0 Å². The van der Waals surface area contributed by atoms with Crippen molar-refractivity contribution in [2.24, 2.45) is 0 Å². The van der Waals surface area contributed by atoms with Gasteiger partial charge in [-0.2, -0.15) is 0 Å². The van der Waals surface area contributed by atoms with E-state index in [1.807, 2.05) is 30.3 Å². The molecule has 6 nitrogen and oxygen atoms in total. The van der Waals surface area contributed by atoms with Crippen molar-refractivity contribution in [1.82, 2.24) is 9.80 Å². The number of hydrogen-bond donors (Lipinski definition) is 0. The summed E-state index contributed by atoms with van der Waals surface area (Å²) in [6.07, 6.45) is 2.08. The van der Waals surface area contributed by atoms with E-state index in [2.05, 4.69) is 0 Å². The highest BCUT2D eigenvalue weighted by atomic mass is 16.2. The third-order valence-corrected chi connectivity index (χ3v) is 4.78. The minimum atomic E-state index is -0.647. The highest BCUT2D eigenvalue weighted by Gasteiger charge is 2.53. The topological polar surface area (TPSA) is 60.9 Å². The van der Waals surface area contributed by atoms with E-state index in [1.165, 1.54) is 4.90 Å². The van der Waals surface area contributed by atoms with Gasteiger partial charge in [0.25, 0.3) is 5.91 Å². The fraction of sp³-hybridized carbons (Fsp3) is 0.438. The minimum Gasteiger partial charge on any atom is -0.312 e. The fourth-order valence-electron chi connectivity index (χ4n) is 3.70. The van der Waals surface area contributed by atoms with Gasteiger partial charge >= 0.3 is 6.03 Å². The normalized spacial score (nSPS) is 28.0. The van der Waals surface area contributed by atoms with Crippen LogP contribution >= 0.6 is 0 Å². The molecule has 0 bridgehead atoms. The van der Waals surface area contributed by atoms with Gasteiger partial charge in [0.15, 0.2) is 0 Å². The molecule has 2 unspecified atom stereocenters. The number of fused-ring (bicyclic) bond motifs is 1. The van der Waals surface area contributed by atoms with E-state index in [1.54, 1.807) is 9.80 Å². The molecule has 3 fully saturated rings. The van der Waals surface area contributed by atoms with E-state index < -0.39 is 6.04 Å². The lowest BCUT2D eigenvalue weighted by molar-refractivity contribution is -0.133. The Hall–Kier alpha value is -2.37. The molecule has 6 heteroatoms. The van der Waals surface area contributed by atoms with Crippen LogP contribution in [-0.2, 0) is 9.59 Å². The number of rotatable bonds is 2. The summed E-state index contributed by atoms with van der Waals surface area (Å²) >= 11 is 0. The molecule has 0 radical (unpaired) electrons. The molecular formula is C16H17N3O3. The molecule has 3 heterocycles. The van der Waals surface area contributed by atoms with E-state index in [9.17, 15) is 14.4 Å². The highest BCUT2D eigenvalue weighted by Crippen LogP contribution is 2.32. The molecule has 0 N–H and O–H groups in total. The van der Waals surface area contributed by atoms with Gasteiger partial charge in [-0.05, 0) is 31.4 Å². The van der Waals surface area contributed by atoms with E-state index in [0.717, 1.165) is 12.1 Å². The summed E-state index contributed by atoms with van der Waals surface area (Å²) in [6, 6.07) is 8.09. The quantitative estimate of drug-likeness (QED) is 0.771. The smallest absolute Gasteiger partial charge is 0.312 e. The SMILES string of the molecule is O=C1C(N2C(=O)C3CCCN3C2=O)CCN1c1ccccc1. The van der Waals surface area contributed by atoms with Gasteiger partial charge in [0.1, 0.15) is 12.1 Å². The molecule has 3 aliphatic rings. The maximum Gasteiger partial charge on any atom is 0.328 e. The first-order valence-corrected chi connectivity index (χ1v) is 7.68. The monoisotopic (exact) mass is 299 g/mol. The average Bonchev–Trinajstić information content (AvgIpc) is 3.20. The first-order valence-electron chi connectivity index (χ1n) is 7.68. The van der Waals surface area contributed by atoms with E-state index >= 15 is 0 Å². The van der Waals surface area contributed by atoms with E-state index in [-0.39, 0.29) is 23.9 Å². The van der Waals surface area contributed by atoms with Crippen molar-refractivity contribution >= 4 is 23.5 Å². The number of hydrogen-bond acceptors (Lipinski definition) is 3. The zero-order valence-corrected chi connectivity index (χ0v) is 12.1. The van der Waals surface area contributed by atoms with Crippen LogP contribution in [0.25, 0.3) is 0 Å². The lowest BCUT2D eigenvalue weighted by Gasteiger charge is -2.22. The first kappa shape index (κ1) is 13.3. The Kier molecular flexibility index (Phi) is 2.92. The predicted octanol–water partition coefficient (Wildman–Crippen LogP) is 1.22. The Bertz CT molecular complexity index is 623. The van der Waals surface area contributed by atoms with Crippen LogP contribution in [0.5, 0.6) is 0 Å². The summed E-state index contributed by atoms with van der Waals surface area (Å²) in [5.74, 6) is -0.357. The van der Waals surface area contributed by atoms with Gasteiger partial charge in [-0.25, -0.2) is 9.69 Å². The summed E-state index contributed by atoms with van der Waals surface area (Å²) in [5.41, 5.74) is 0.814. The van der Waals surface area contributed by atoms with Crippen LogP contribution in [0.1, 0.15) is 19.3 Å². The van der Waals surface area contributed by atoms with Crippen LogP contribution in [0.15, 0.2) is 30.3 Å². The molecule has 1 aromatic rings. The molecule has 4 rings (SSSR count). The number of anilines is 1. The second kappa shape index (κ2) is 4.83. The Labute approximate surface area is 128 Å². The molecule has 1 aromatic carbocycles. The maximum absolute atomic E-state index is 12.7. The van der Waals surface area contributed by atoms with Crippen molar-refractivity contribution in [3.05, 3.63) is 30.3 Å². The van der Waals surface area contributed by atoms with Crippen molar-refractivity contribution in [2.45, 2.75) is 31.3 Å². The zero-order valence-electron chi connectivity index (χ0n) is 12.1. The second-order valence-corrected chi connectivity index (χ2v) is 5.97. The van der Waals surface area contributed by atoms with E-state index in [4.69, 9.17) is 0 Å². The minimum absolute atomic E-state index is 0.158. The largest absolute Gasteiger partial charge is 0.328 e. The molecule has 0 spiro atoms. The van der Waals surface area contributed by atoms with Gasteiger partial charge in [-0.1, -0.05) is 18.2 Å². The van der Waals surface area contributed by atoms with Gasteiger partial charge in [0.05, 0.1) is 0 Å². The van der Waals surface area contributed by atoms with Gasteiger partial charge in [-0.15, -0.1) is 0 Å². The number of nitrogens with zero attached hydrogens (tertiary/aromatic N) is 3. The maximum atomic E-state index is 12.7. The number of carbonyl (C=O) groups is 3. The van der Waals surface area contributed by atoms with Crippen molar-refractivity contribution < 1.29 is 14.4 Å². The molecule has 0 aliphatic carbocycles. The third-order valence-electron chi connectivity index (χ3n) is 4.78. The molecule has 2 atom stereocenters. The fourth-order valence-corrected chi connectivity index (χ4v) is 3.70. The number of para-hydroxylation sites is 1. The number of imide groups is 1. The second-order valence-electron chi connectivity index (χ2n) is 5.97. The molecule has 3 saturated heterocycles. The van der Waals surface area contributed by atoms with Crippen LogP contribution in [0.4, 0.5) is 10.5 Å². The van der Waals surface area contributed by atoms with Crippen LogP contribution in [-0.4, -0.2) is 52.8 Å². The Balaban J connectivity index is 1.59. The molecule has 114 valence electrons. The molecule has 22 heavy (non-hydrogen) atoms. The molecule has 3 aliphatic heterocycles. The summed E-state index contributed by atoms with van der Waals surface area (Å²) in [7, 11) is 0. The summed E-state index contributed by atoms with van der Waals surface area (Å²) in [6.45, 7) is 1.16. The van der Waals surface area contributed by atoms with Gasteiger partial charge in [0.2, 0.25) is 5.91 Å². The Morgan fingerprint density at radius 1 is 0.864 bits per heavy atom.